The van der Waals surface area contributed by atoms with Crippen LogP contribution in [0.15, 0.2) is 18.2 Å². The topological polar surface area (TPSA) is 81.6 Å². The zero-order chi connectivity index (χ0) is 14.7. The van der Waals surface area contributed by atoms with Gasteiger partial charge in [0.1, 0.15) is 5.75 Å². The highest BCUT2D eigenvalue weighted by Crippen LogP contribution is 2.35. The quantitative estimate of drug-likeness (QED) is 0.607. The van der Waals surface area contributed by atoms with E-state index >= 15 is 0 Å². The molecule has 2 rings (SSSR count). The van der Waals surface area contributed by atoms with Crippen molar-refractivity contribution >= 4 is 5.69 Å². The van der Waals surface area contributed by atoms with Crippen LogP contribution < -0.4 is 10.5 Å². The standard InChI is InChI=1S/C14H21N3O3/c1-16(14(8-15)11-3-4-11)9-10-5-12(17(18)19)7-13(6-10)20-2/h5-7,11,14H,3-4,8-9,15H2,1-2H3. The van der Waals surface area contributed by atoms with Crippen LogP contribution >= 0.6 is 0 Å². The highest BCUT2D eigenvalue weighted by molar-refractivity contribution is 5.42. The molecule has 6 nitrogen and oxygen atoms in total. The summed E-state index contributed by atoms with van der Waals surface area (Å²) in [6.07, 6.45) is 2.45. The van der Waals surface area contributed by atoms with Crippen molar-refractivity contribution in [2.75, 3.05) is 20.7 Å². The molecule has 1 aromatic rings. The molecule has 0 bridgehead atoms. The molecule has 6 heteroatoms. The molecule has 0 saturated heterocycles. The first-order valence-corrected chi connectivity index (χ1v) is 6.77. The lowest BCUT2D eigenvalue weighted by molar-refractivity contribution is -0.385. The minimum atomic E-state index is -0.396. The van der Waals surface area contributed by atoms with Gasteiger partial charge in [0, 0.05) is 25.2 Å². The normalized spacial score (nSPS) is 16.2. The van der Waals surface area contributed by atoms with E-state index in [2.05, 4.69) is 4.90 Å². The number of nitrogens with zero attached hydrogens (tertiary/aromatic N) is 2. The number of hydrogen-bond donors (Lipinski definition) is 1. The fourth-order valence-corrected chi connectivity index (χ4v) is 2.58. The van der Waals surface area contributed by atoms with E-state index in [4.69, 9.17) is 10.5 Å². The molecule has 0 spiro atoms. The molecule has 110 valence electrons. The van der Waals surface area contributed by atoms with Crippen molar-refractivity contribution < 1.29 is 9.66 Å². The number of ether oxygens (including phenoxy) is 1. The molecule has 1 aromatic carbocycles. The average Bonchev–Trinajstić information content (AvgIpc) is 3.23. The van der Waals surface area contributed by atoms with Crippen LogP contribution in [0.2, 0.25) is 0 Å². The maximum atomic E-state index is 10.9. The monoisotopic (exact) mass is 279 g/mol. The molecule has 20 heavy (non-hydrogen) atoms. The van der Waals surface area contributed by atoms with Gasteiger partial charge in [-0.25, -0.2) is 0 Å². The number of nitro benzene ring substituents is 1. The van der Waals surface area contributed by atoms with E-state index in [1.54, 1.807) is 6.07 Å². The van der Waals surface area contributed by atoms with E-state index in [1.165, 1.54) is 26.0 Å². The van der Waals surface area contributed by atoms with Crippen molar-refractivity contribution in [1.29, 1.82) is 0 Å². The first-order valence-electron chi connectivity index (χ1n) is 6.77. The number of benzene rings is 1. The Hall–Kier alpha value is -1.66. The molecule has 1 unspecified atom stereocenters. The van der Waals surface area contributed by atoms with Crippen molar-refractivity contribution in [1.82, 2.24) is 4.90 Å². The lowest BCUT2D eigenvalue weighted by Gasteiger charge is -2.27. The van der Waals surface area contributed by atoms with Crippen LogP contribution in [-0.2, 0) is 6.54 Å². The van der Waals surface area contributed by atoms with Crippen LogP contribution in [0.5, 0.6) is 5.75 Å². The summed E-state index contributed by atoms with van der Waals surface area (Å²) >= 11 is 0. The lowest BCUT2D eigenvalue weighted by Crippen LogP contribution is -2.39. The minimum absolute atomic E-state index is 0.0588. The summed E-state index contributed by atoms with van der Waals surface area (Å²) in [6, 6.07) is 5.22. The van der Waals surface area contributed by atoms with Crippen molar-refractivity contribution in [2.24, 2.45) is 11.7 Å². The number of nitro groups is 1. The number of hydrogen-bond acceptors (Lipinski definition) is 5. The van der Waals surface area contributed by atoms with Gasteiger partial charge in [0.15, 0.2) is 0 Å². The number of likely N-dealkylation sites (N-methyl/N-ethyl adjacent to an activating group) is 1. The maximum Gasteiger partial charge on any atom is 0.273 e. The Balaban J connectivity index is 2.14. The van der Waals surface area contributed by atoms with Gasteiger partial charge in [-0.05, 0) is 37.4 Å². The van der Waals surface area contributed by atoms with E-state index in [0.29, 0.717) is 30.8 Å². The fraction of sp³-hybridized carbons (Fsp3) is 0.571. The molecular weight excluding hydrogens is 258 g/mol. The van der Waals surface area contributed by atoms with Crippen LogP contribution in [0.3, 0.4) is 0 Å². The Morgan fingerprint density at radius 2 is 2.20 bits per heavy atom. The second-order valence-corrected chi connectivity index (χ2v) is 5.35. The minimum Gasteiger partial charge on any atom is -0.496 e. The molecule has 0 aliphatic heterocycles. The molecule has 1 saturated carbocycles. The highest BCUT2D eigenvalue weighted by Gasteiger charge is 2.32. The molecule has 1 atom stereocenters. The fourth-order valence-electron chi connectivity index (χ4n) is 2.58. The Labute approximate surface area is 118 Å². The zero-order valence-corrected chi connectivity index (χ0v) is 11.9. The largest absolute Gasteiger partial charge is 0.496 e. The first kappa shape index (κ1) is 14.7. The van der Waals surface area contributed by atoms with E-state index in [0.717, 1.165) is 5.56 Å². The Kier molecular flexibility index (Phi) is 4.57. The van der Waals surface area contributed by atoms with Gasteiger partial charge in [-0.3, -0.25) is 15.0 Å². The van der Waals surface area contributed by atoms with Gasteiger partial charge >= 0.3 is 0 Å². The summed E-state index contributed by atoms with van der Waals surface area (Å²) in [6.45, 7) is 1.25. The molecular formula is C14H21N3O3. The molecule has 0 radical (unpaired) electrons. The van der Waals surface area contributed by atoms with Crippen LogP contribution in [0.4, 0.5) is 5.69 Å². The Morgan fingerprint density at radius 3 is 2.70 bits per heavy atom. The summed E-state index contributed by atoms with van der Waals surface area (Å²) in [5.74, 6) is 1.18. The lowest BCUT2D eigenvalue weighted by atomic mass is 10.1. The zero-order valence-electron chi connectivity index (χ0n) is 11.9. The summed E-state index contributed by atoms with van der Waals surface area (Å²) in [5.41, 5.74) is 6.76. The molecule has 0 aromatic heterocycles. The summed E-state index contributed by atoms with van der Waals surface area (Å²) in [5, 5.41) is 10.9. The summed E-state index contributed by atoms with van der Waals surface area (Å²) in [4.78, 5) is 12.7. The Morgan fingerprint density at radius 1 is 1.50 bits per heavy atom. The Bertz CT molecular complexity index is 489. The smallest absolute Gasteiger partial charge is 0.273 e. The van der Waals surface area contributed by atoms with Crippen LogP contribution in [0.1, 0.15) is 18.4 Å². The predicted molar refractivity (Wildman–Crippen MR) is 76.7 cm³/mol. The van der Waals surface area contributed by atoms with Gasteiger partial charge in [0.05, 0.1) is 18.1 Å². The SMILES string of the molecule is COc1cc(CN(C)C(CN)C2CC2)cc([N+](=O)[O-])c1. The molecule has 0 amide bonds. The van der Waals surface area contributed by atoms with Gasteiger partial charge in [0.2, 0.25) is 0 Å². The number of rotatable bonds is 7. The van der Waals surface area contributed by atoms with E-state index < -0.39 is 4.92 Å². The van der Waals surface area contributed by atoms with Crippen molar-refractivity contribution in [3.05, 3.63) is 33.9 Å². The third-order valence-electron chi connectivity index (χ3n) is 3.80. The van der Waals surface area contributed by atoms with Gasteiger partial charge in [-0.15, -0.1) is 0 Å². The van der Waals surface area contributed by atoms with E-state index in [9.17, 15) is 10.1 Å². The predicted octanol–water partition coefficient (Wildman–Crippen LogP) is 1.77. The van der Waals surface area contributed by atoms with Gasteiger partial charge in [0.25, 0.3) is 5.69 Å². The molecule has 0 heterocycles. The van der Waals surface area contributed by atoms with Gasteiger partial charge < -0.3 is 10.5 Å². The molecule has 1 aliphatic carbocycles. The highest BCUT2D eigenvalue weighted by atomic mass is 16.6. The number of methoxy groups -OCH3 is 1. The van der Waals surface area contributed by atoms with Crippen LogP contribution in [0.25, 0.3) is 0 Å². The molecule has 1 fully saturated rings. The number of nitrogens with two attached hydrogens (primary N) is 1. The van der Waals surface area contributed by atoms with Crippen molar-refractivity contribution in [3.8, 4) is 5.75 Å². The summed E-state index contributed by atoms with van der Waals surface area (Å²) < 4.78 is 5.13. The van der Waals surface area contributed by atoms with Gasteiger partial charge in [-0.1, -0.05) is 0 Å². The van der Waals surface area contributed by atoms with Crippen LogP contribution in [0, 0.1) is 16.0 Å². The van der Waals surface area contributed by atoms with E-state index in [1.807, 2.05) is 13.1 Å². The van der Waals surface area contributed by atoms with Gasteiger partial charge in [-0.2, -0.15) is 0 Å². The van der Waals surface area contributed by atoms with Crippen molar-refractivity contribution in [2.45, 2.75) is 25.4 Å². The number of non-ortho nitro benzene ring substituents is 1. The second-order valence-electron chi connectivity index (χ2n) is 5.35. The third kappa shape index (κ3) is 3.46. The average molecular weight is 279 g/mol. The summed E-state index contributed by atoms with van der Waals surface area (Å²) in [7, 11) is 3.53. The van der Waals surface area contributed by atoms with Crippen molar-refractivity contribution in [3.63, 3.8) is 0 Å². The van der Waals surface area contributed by atoms with Crippen LogP contribution in [-0.4, -0.2) is 36.6 Å². The maximum absolute atomic E-state index is 10.9. The molecule has 2 N–H and O–H groups in total. The van der Waals surface area contributed by atoms with E-state index in [-0.39, 0.29) is 5.69 Å². The third-order valence-corrected chi connectivity index (χ3v) is 3.80. The first-order chi connectivity index (χ1) is 9.55. The second kappa shape index (κ2) is 6.19. The molecule has 1 aliphatic rings.